The van der Waals surface area contributed by atoms with Gasteiger partial charge in [-0.1, -0.05) is 12.1 Å². The van der Waals surface area contributed by atoms with Crippen molar-refractivity contribution in [1.29, 1.82) is 0 Å². The molecule has 2 heterocycles. The zero-order chi connectivity index (χ0) is 12.4. The van der Waals surface area contributed by atoms with E-state index in [2.05, 4.69) is 10.3 Å². The van der Waals surface area contributed by atoms with Crippen LogP contribution >= 0.6 is 0 Å². The molecule has 0 bridgehead atoms. The highest BCUT2D eigenvalue weighted by molar-refractivity contribution is 6.08. The Morgan fingerprint density at radius 2 is 2.17 bits per heavy atom. The Morgan fingerprint density at radius 1 is 1.22 bits per heavy atom. The second kappa shape index (κ2) is 4.33. The molecule has 18 heavy (non-hydrogen) atoms. The normalized spacial score (nSPS) is 10.4. The molecule has 0 saturated heterocycles. The van der Waals surface area contributed by atoms with E-state index in [-0.39, 0.29) is 5.91 Å². The van der Waals surface area contributed by atoms with Crippen LogP contribution in [0.4, 0.5) is 5.69 Å². The molecule has 0 saturated carbocycles. The molecule has 1 amide bonds. The molecule has 3 aromatic rings. The molecule has 0 spiro atoms. The van der Waals surface area contributed by atoms with Crippen molar-refractivity contribution < 1.29 is 9.21 Å². The molecule has 2 aromatic heterocycles. The van der Waals surface area contributed by atoms with Gasteiger partial charge in [0.15, 0.2) is 0 Å². The van der Waals surface area contributed by atoms with E-state index < -0.39 is 0 Å². The van der Waals surface area contributed by atoms with Gasteiger partial charge in [-0.15, -0.1) is 0 Å². The Bertz CT molecular complexity index is 685. The zero-order valence-electron chi connectivity index (χ0n) is 9.46. The van der Waals surface area contributed by atoms with Crippen LogP contribution in [0.1, 0.15) is 10.4 Å². The van der Waals surface area contributed by atoms with Crippen molar-refractivity contribution in [2.45, 2.75) is 0 Å². The molecule has 0 fully saturated rings. The number of hydrogen-bond donors (Lipinski definition) is 1. The fourth-order valence-corrected chi connectivity index (χ4v) is 1.82. The fraction of sp³-hybridized carbons (Fsp3) is 0. The van der Waals surface area contributed by atoms with Gasteiger partial charge in [-0.3, -0.25) is 9.78 Å². The van der Waals surface area contributed by atoms with Crippen molar-refractivity contribution in [3.63, 3.8) is 0 Å². The van der Waals surface area contributed by atoms with Gasteiger partial charge >= 0.3 is 0 Å². The lowest BCUT2D eigenvalue weighted by molar-refractivity contribution is 0.102. The topological polar surface area (TPSA) is 55.1 Å². The van der Waals surface area contributed by atoms with Crippen LogP contribution in [-0.2, 0) is 0 Å². The number of amides is 1. The largest absolute Gasteiger partial charge is 0.472 e. The zero-order valence-corrected chi connectivity index (χ0v) is 9.46. The van der Waals surface area contributed by atoms with E-state index in [1.807, 2.05) is 24.3 Å². The maximum Gasteiger partial charge on any atom is 0.258 e. The Kier molecular flexibility index (Phi) is 2.53. The highest BCUT2D eigenvalue weighted by atomic mass is 16.3. The van der Waals surface area contributed by atoms with Gasteiger partial charge in [0.1, 0.15) is 6.26 Å². The summed E-state index contributed by atoms with van der Waals surface area (Å²) >= 11 is 0. The second-order valence-electron chi connectivity index (χ2n) is 3.87. The summed E-state index contributed by atoms with van der Waals surface area (Å²) in [6, 6.07) is 9.20. The van der Waals surface area contributed by atoms with Gasteiger partial charge in [-0.2, -0.15) is 0 Å². The smallest absolute Gasteiger partial charge is 0.258 e. The Labute approximate surface area is 103 Å². The summed E-state index contributed by atoms with van der Waals surface area (Å²) in [5.41, 5.74) is 1.27. The van der Waals surface area contributed by atoms with Crippen LogP contribution in [-0.4, -0.2) is 10.9 Å². The number of anilines is 1. The van der Waals surface area contributed by atoms with Gasteiger partial charge < -0.3 is 9.73 Å². The van der Waals surface area contributed by atoms with Crippen molar-refractivity contribution in [2.75, 3.05) is 5.32 Å². The first-order valence-corrected chi connectivity index (χ1v) is 5.51. The molecular formula is C14H10N2O2. The van der Waals surface area contributed by atoms with E-state index in [1.165, 1.54) is 12.5 Å². The molecule has 4 nitrogen and oxygen atoms in total. The van der Waals surface area contributed by atoms with E-state index >= 15 is 0 Å². The van der Waals surface area contributed by atoms with Gasteiger partial charge in [-0.25, -0.2) is 0 Å². The lowest BCUT2D eigenvalue weighted by Gasteiger charge is -2.07. The molecular weight excluding hydrogens is 228 g/mol. The van der Waals surface area contributed by atoms with Crippen LogP contribution in [0.25, 0.3) is 10.8 Å². The summed E-state index contributed by atoms with van der Waals surface area (Å²) in [5, 5.41) is 4.81. The van der Waals surface area contributed by atoms with Crippen molar-refractivity contribution in [3.05, 3.63) is 60.8 Å². The fourth-order valence-electron chi connectivity index (χ4n) is 1.82. The van der Waals surface area contributed by atoms with Crippen LogP contribution in [0.15, 0.2) is 59.7 Å². The number of aromatic nitrogens is 1. The molecule has 3 rings (SSSR count). The van der Waals surface area contributed by atoms with Crippen molar-refractivity contribution >= 4 is 22.4 Å². The SMILES string of the molecule is O=C(Nc1cccc2cnccc12)c1ccoc1. The maximum atomic E-state index is 11.9. The molecule has 1 N–H and O–H groups in total. The summed E-state index contributed by atoms with van der Waals surface area (Å²) in [5.74, 6) is -0.187. The van der Waals surface area contributed by atoms with Gasteiger partial charge in [0.05, 0.1) is 11.8 Å². The minimum Gasteiger partial charge on any atom is -0.472 e. The maximum absolute atomic E-state index is 11.9. The minimum atomic E-state index is -0.187. The van der Waals surface area contributed by atoms with Crippen LogP contribution in [0.2, 0.25) is 0 Å². The highest BCUT2D eigenvalue weighted by Gasteiger charge is 2.08. The molecule has 88 valence electrons. The Morgan fingerprint density at radius 3 is 3.00 bits per heavy atom. The van der Waals surface area contributed by atoms with E-state index in [0.717, 1.165) is 16.5 Å². The predicted octanol–water partition coefficient (Wildman–Crippen LogP) is 3.08. The first-order chi connectivity index (χ1) is 8.84. The Balaban J connectivity index is 1.98. The van der Waals surface area contributed by atoms with Gasteiger partial charge in [0, 0.05) is 28.9 Å². The van der Waals surface area contributed by atoms with Crippen molar-refractivity contribution in [1.82, 2.24) is 4.98 Å². The number of carbonyl (C=O) groups excluding carboxylic acids is 1. The number of nitrogens with one attached hydrogen (secondary N) is 1. The summed E-state index contributed by atoms with van der Waals surface area (Å²) in [7, 11) is 0. The molecule has 0 aliphatic carbocycles. The molecule has 4 heteroatoms. The monoisotopic (exact) mass is 238 g/mol. The standard InChI is InChI=1S/C14H10N2O2/c17-14(11-5-7-18-9-11)16-13-3-1-2-10-8-15-6-4-12(10)13/h1-9H,(H,16,17). The first-order valence-electron chi connectivity index (χ1n) is 5.51. The quantitative estimate of drug-likeness (QED) is 0.746. The van der Waals surface area contributed by atoms with Gasteiger partial charge in [-0.05, 0) is 18.2 Å². The number of hydrogen-bond acceptors (Lipinski definition) is 3. The number of carbonyl (C=O) groups is 1. The third kappa shape index (κ3) is 1.84. The predicted molar refractivity (Wildman–Crippen MR) is 68.4 cm³/mol. The summed E-state index contributed by atoms with van der Waals surface area (Å²) in [6.45, 7) is 0. The number of pyridine rings is 1. The van der Waals surface area contributed by atoms with Crippen molar-refractivity contribution in [2.24, 2.45) is 0 Å². The van der Waals surface area contributed by atoms with Crippen LogP contribution in [0.5, 0.6) is 0 Å². The van der Waals surface area contributed by atoms with E-state index in [4.69, 9.17) is 4.42 Å². The Hall–Kier alpha value is -2.62. The third-order valence-electron chi connectivity index (χ3n) is 2.71. The number of fused-ring (bicyclic) bond motifs is 1. The first kappa shape index (κ1) is 10.5. The molecule has 0 radical (unpaired) electrons. The number of benzene rings is 1. The number of nitrogens with zero attached hydrogens (tertiary/aromatic N) is 1. The number of rotatable bonds is 2. The average Bonchev–Trinajstić information content (AvgIpc) is 2.93. The van der Waals surface area contributed by atoms with Crippen LogP contribution in [0, 0.1) is 0 Å². The minimum absolute atomic E-state index is 0.187. The van der Waals surface area contributed by atoms with E-state index in [1.54, 1.807) is 18.5 Å². The van der Waals surface area contributed by atoms with Crippen molar-refractivity contribution in [3.8, 4) is 0 Å². The lowest BCUT2D eigenvalue weighted by atomic mass is 10.1. The van der Waals surface area contributed by atoms with Gasteiger partial charge in [0.2, 0.25) is 0 Å². The molecule has 0 aliphatic heterocycles. The van der Waals surface area contributed by atoms with Crippen LogP contribution < -0.4 is 5.32 Å². The van der Waals surface area contributed by atoms with Crippen LogP contribution in [0.3, 0.4) is 0 Å². The van der Waals surface area contributed by atoms with E-state index in [9.17, 15) is 4.79 Å². The third-order valence-corrected chi connectivity index (χ3v) is 2.71. The molecule has 0 atom stereocenters. The number of furan rings is 1. The average molecular weight is 238 g/mol. The molecule has 1 aromatic carbocycles. The highest BCUT2D eigenvalue weighted by Crippen LogP contribution is 2.22. The second-order valence-corrected chi connectivity index (χ2v) is 3.87. The lowest BCUT2D eigenvalue weighted by Crippen LogP contribution is -2.11. The molecule has 0 unspecified atom stereocenters. The molecule has 0 aliphatic rings. The summed E-state index contributed by atoms with van der Waals surface area (Å²) in [6.07, 6.45) is 6.36. The summed E-state index contributed by atoms with van der Waals surface area (Å²) < 4.78 is 4.89. The van der Waals surface area contributed by atoms with E-state index in [0.29, 0.717) is 5.56 Å². The summed E-state index contributed by atoms with van der Waals surface area (Å²) in [4.78, 5) is 16.0. The van der Waals surface area contributed by atoms with Gasteiger partial charge in [0.25, 0.3) is 5.91 Å².